The quantitative estimate of drug-likeness (QED) is 0.640. The molecule has 1 aliphatic rings. The fraction of sp³-hybridized carbons (Fsp3) is 0.769. The largest absolute Gasteiger partial charge is 0.481 e. The lowest BCUT2D eigenvalue weighted by atomic mass is 9.80. The first-order valence-corrected chi connectivity index (χ1v) is 6.88. The molecule has 0 unspecified atom stereocenters. The molecule has 0 aliphatic heterocycles. The Morgan fingerprint density at radius 1 is 1.20 bits per heavy atom. The molecule has 1 fully saturated rings. The minimum absolute atomic E-state index is 0.0876. The monoisotopic (exact) mass is 285 g/mol. The van der Waals surface area contributed by atoms with Gasteiger partial charge in [0.2, 0.25) is 5.91 Å². The fourth-order valence-corrected chi connectivity index (χ4v) is 2.56. The van der Waals surface area contributed by atoms with Gasteiger partial charge in [0.15, 0.2) is 0 Å². The molecular weight excluding hydrogens is 262 g/mol. The molecular formula is C13H23N3O4. The summed E-state index contributed by atoms with van der Waals surface area (Å²) in [4.78, 5) is 35.2. The third-order valence-corrected chi connectivity index (χ3v) is 3.83. The number of nitrogens with one attached hydrogen (secondary N) is 1. The van der Waals surface area contributed by atoms with Crippen molar-refractivity contribution in [3.8, 4) is 0 Å². The molecule has 0 atom stereocenters. The van der Waals surface area contributed by atoms with Crippen molar-refractivity contribution in [3.05, 3.63) is 0 Å². The number of nitrogens with two attached hydrogens (primary N) is 1. The van der Waals surface area contributed by atoms with E-state index in [1.807, 2.05) is 0 Å². The lowest BCUT2D eigenvalue weighted by Crippen LogP contribution is -2.48. The Labute approximate surface area is 118 Å². The normalized spacial score (nSPS) is 17.9. The molecule has 3 amide bonds. The molecule has 4 N–H and O–H groups in total. The zero-order valence-electron chi connectivity index (χ0n) is 11.9. The highest BCUT2D eigenvalue weighted by Crippen LogP contribution is 2.34. The Morgan fingerprint density at radius 3 is 2.20 bits per heavy atom. The lowest BCUT2D eigenvalue weighted by molar-refractivity contribution is -0.149. The number of carbonyl (C=O) groups excluding carboxylic acids is 2. The summed E-state index contributed by atoms with van der Waals surface area (Å²) in [5.74, 6) is -1.47. The number of amides is 3. The summed E-state index contributed by atoms with van der Waals surface area (Å²) in [5.41, 5.74) is 4.12. The second-order valence-electron chi connectivity index (χ2n) is 5.48. The summed E-state index contributed by atoms with van der Waals surface area (Å²) in [6, 6.07) is -0.478. The maximum atomic E-state index is 11.8. The Bertz CT molecular complexity index is 376. The van der Waals surface area contributed by atoms with Gasteiger partial charge in [-0.2, -0.15) is 0 Å². The smallest absolute Gasteiger partial charge is 0.317 e. The van der Waals surface area contributed by atoms with Crippen molar-refractivity contribution >= 4 is 17.9 Å². The molecule has 114 valence electrons. The number of aliphatic carboxylic acids is 1. The van der Waals surface area contributed by atoms with Crippen LogP contribution in [0.15, 0.2) is 0 Å². The zero-order chi connectivity index (χ0) is 15.2. The first kappa shape index (κ1) is 16.3. The molecule has 0 aromatic rings. The number of carbonyl (C=O) groups is 3. The highest BCUT2D eigenvalue weighted by Gasteiger charge is 2.39. The Kier molecular flexibility index (Phi) is 5.79. The molecule has 0 aromatic carbocycles. The molecule has 0 spiro atoms. The Morgan fingerprint density at radius 2 is 1.75 bits per heavy atom. The van der Waals surface area contributed by atoms with Crippen LogP contribution in [0.25, 0.3) is 0 Å². The van der Waals surface area contributed by atoms with E-state index < -0.39 is 23.3 Å². The number of hydrogen-bond donors (Lipinski definition) is 3. The number of urea groups is 1. The van der Waals surface area contributed by atoms with Crippen molar-refractivity contribution in [2.75, 3.05) is 20.1 Å². The molecule has 7 nitrogen and oxygen atoms in total. The molecule has 0 radical (unpaired) electrons. The van der Waals surface area contributed by atoms with Crippen LogP contribution in [-0.2, 0) is 9.59 Å². The van der Waals surface area contributed by atoms with Crippen LogP contribution in [0.1, 0.15) is 38.5 Å². The number of carboxylic acid groups (broad SMARTS) is 1. The standard InChI is InChI=1S/C13H23N3O4/c1-16(8-10(14)17)12(20)15-9-13(11(18)19)6-4-2-3-5-7-13/h2-9H2,1H3,(H2,14,17)(H,15,20)(H,18,19). The minimum Gasteiger partial charge on any atom is -0.481 e. The van der Waals surface area contributed by atoms with E-state index in [-0.39, 0.29) is 13.1 Å². The van der Waals surface area contributed by atoms with Gasteiger partial charge in [-0.05, 0) is 12.8 Å². The van der Waals surface area contributed by atoms with Gasteiger partial charge in [-0.1, -0.05) is 25.7 Å². The summed E-state index contributed by atoms with van der Waals surface area (Å²) in [7, 11) is 1.45. The molecule has 1 saturated carbocycles. The number of primary amides is 1. The van der Waals surface area contributed by atoms with Gasteiger partial charge in [0, 0.05) is 13.6 Å². The fourth-order valence-electron chi connectivity index (χ4n) is 2.56. The minimum atomic E-state index is -0.889. The number of rotatable bonds is 5. The van der Waals surface area contributed by atoms with Crippen LogP contribution in [-0.4, -0.2) is 48.1 Å². The van der Waals surface area contributed by atoms with Crippen molar-refractivity contribution < 1.29 is 19.5 Å². The lowest BCUT2D eigenvalue weighted by Gasteiger charge is -2.29. The van der Waals surface area contributed by atoms with E-state index in [9.17, 15) is 19.5 Å². The predicted molar refractivity (Wildman–Crippen MR) is 73.0 cm³/mol. The maximum absolute atomic E-state index is 11.8. The van der Waals surface area contributed by atoms with Crippen molar-refractivity contribution in [1.29, 1.82) is 0 Å². The second kappa shape index (κ2) is 7.12. The van der Waals surface area contributed by atoms with E-state index in [1.165, 1.54) is 7.05 Å². The first-order chi connectivity index (χ1) is 9.37. The number of likely N-dealkylation sites (N-methyl/N-ethyl adjacent to an activating group) is 1. The molecule has 1 aliphatic carbocycles. The van der Waals surface area contributed by atoms with Crippen molar-refractivity contribution in [2.24, 2.45) is 11.1 Å². The van der Waals surface area contributed by atoms with E-state index in [0.717, 1.165) is 30.6 Å². The van der Waals surface area contributed by atoms with Gasteiger partial charge < -0.3 is 21.1 Å². The summed E-state index contributed by atoms with van der Waals surface area (Å²) < 4.78 is 0. The van der Waals surface area contributed by atoms with Gasteiger partial charge in [-0.3, -0.25) is 9.59 Å². The second-order valence-corrected chi connectivity index (χ2v) is 5.48. The van der Waals surface area contributed by atoms with E-state index in [4.69, 9.17) is 5.73 Å². The highest BCUT2D eigenvalue weighted by molar-refractivity contribution is 5.83. The molecule has 0 saturated heterocycles. The van der Waals surface area contributed by atoms with Crippen LogP contribution in [0.3, 0.4) is 0 Å². The van der Waals surface area contributed by atoms with E-state index in [0.29, 0.717) is 12.8 Å². The molecule has 0 bridgehead atoms. The number of carboxylic acids is 1. The molecule has 7 heteroatoms. The van der Waals surface area contributed by atoms with Crippen LogP contribution in [0.5, 0.6) is 0 Å². The van der Waals surface area contributed by atoms with E-state index in [2.05, 4.69) is 5.32 Å². The van der Waals surface area contributed by atoms with Gasteiger partial charge in [0.25, 0.3) is 0 Å². The van der Waals surface area contributed by atoms with E-state index in [1.54, 1.807) is 0 Å². The average Bonchev–Trinajstić information content (AvgIpc) is 2.61. The highest BCUT2D eigenvalue weighted by atomic mass is 16.4. The third kappa shape index (κ3) is 4.40. The third-order valence-electron chi connectivity index (χ3n) is 3.83. The molecule has 0 aromatic heterocycles. The zero-order valence-corrected chi connectivity index (χ0v) is 11.9. The topological polar surface area (TPSA) is 113 Å². The SMILES string of the molecule is CN(CC(N)=O)C(=O)NCC1(C(=O)O)CCCCCC1. The van der Waals surface area contributed by atoms with Crippen molar-refractivity contribution in [3.63, 3.8) is 0 Å². The van der Waals surface area contributed by atoms with Gasteiger partial charge in [-0.15, -0.1) is 0 Å². The Balaban J connectivity index is 2.60. The predicted octanol–water partition coefficient (Wildman–Crippen LogP) is 0.538. The average molecular weight is 285 g/mol. The van der Waals surface area contributed by atoms with Crippen LogP contribution in [0.2, 0.25) is 0 Å². The molecule has 0 heterocycles. The summed E-state index contributed by atoms with van der Waals surface area (Å²) in [5, 5.41) is 12.1. The van der Waals surface area contributed by atoms with Crippen LogP contribution in [0, 0.1) is 5.41 Å². The maximum Gasteiger partial charge on any atom is 0.317 e. The van der Waals surface area contributed by atoms with Gasteiger partial charge in [0.1, 0.15) is 6.54 Å². The molecule has 1 rings (SSSR count). The van der Waals surface area contributed by atoms with Gasteiger partial charge in [0.05, 0.1) is 5.41 Å². The van der Waals surface area contributed by atoms with Crippen LogP contribution >= 0.6 is 0 Å². The van der Waals surface area contributed by atoms with Crippen LogP contribution < -0.4 is 11.1 Å². The molecule has 20 heavy (non-hydrogen) atoms. The summed E-state index contributed by atoms with van der Waals surface area (Å²) in [6.45, 7) is -0.101. The van der Waals surface area contributed by atoms with Crippen LogP contribution in [0.4, 0.5) is 4.79 Å². The number of nitrogens with zero attached hydrogens (tertiary/aromatic N) is 1. The first-order valence-electron chi connectivity index (χ1n) is 6.88. The van der Waals surface area contributed by atoms with E-state index >= 15 is 0 Å². The number of hydrogen-bond acceptors (Lipinski definition) is 3. The van der Waals surface area contributed by atoms with Gasteiger partial charge in [-0.25, -0.2) is 4.79 Å². The van der Waals surface area contributed by atoms with Gasteiger partial charge >= 0.3 is 12.0 Å². The van der Waals surface area contributed by atoms with Crippen molar-refractivity contribution in [1.82, 2.24) is 10.2 Å². The summed E-state index contributed by atoms with van der Waals surface area (Å²) in [6.07, 6.45) is 4.93. The summed E-state index contributed by atoms with van der Waals surface area (Å²) >= 11 is 0. The Hall–Kier alpha value is -1.79. The van der Waals surface area contributed by atoms with Crippen molar-refractivity contribution in [2.45, 2.75) is 38.5 Å².